The van der Waals surface area contributed by atoms with Crippen molar-refractivity contribution in [1.82, 2.24) is 9.55 Å². The van der Waals surface area contributed by atoms with Crippen LogP contribution in [0, 0.1) is 12.7 Å². The Morgan fingerprint density at radius 2 is 2.16 bits per heavy atom. The summed E-state index contributed by atoms with van der Waals surface area (Å²) in [6.45, 7) is 1.84. The first kappa shape index (κ1) is 11.6. The summed E-state index contributed by atoms with van der Waals surface area (Å²) in [6, 6.07) is 4.24. The summed E-state index contributed by atoms with van der Waals surface area (Å²) in [5.41, 5.74) is 1.92. The molecule has 0 aliphatic rings. The Bertz CT molecular complexity index is 836. The number of aryl methyl sites for hydroxylation is 2. The second-order valence-corrected chi connectivity index (χ2v) is 4.57. The second kappa shape index (κ2) is 3.78. The Morgan fingerprint density at radius 3 is 2.84 bits per heavy atom. The fraction of sp³-hybridized carbons (Fsp3) is 0.143. The van der Waals surface area contributed by atoms with Crippen LogP contribution in [0.2, 0.25) is 0 Å². The minimum Gasteiger partial charge on any atom is -0.476 e. The zero-order chi connectivity index (χ0) is 13.7. The standard InChI is InChI=1S/C14H11FN2O2/c1-7-6-17(2)13-9-4-3-8(15)5-10(9)16-12(11(7)13)14(18)19/h3-6H,1-2H3,(H,18,19). The Labute approximate surface area is 108 Å². The normalized spacial score (nSPS) is 11.3. The molecule has 0 bridgehead atoms. The van der Waals surface area contributed by atoms with Crippen molar-refractivity contribution in [3.05, 3.63) is 41.5 Å². The molecule has 0 unspecified atom stereocenters. The Morgan fingerprint density at radius 1 is 1.42 bits per heavy atom. The molecule has 3 aromatic rings. The molecule has 5 heteroatoms. The molecule has 1 aromatic carbocycles. The summed E-state index contributed by atoms with van der Waals surface area (Å²) in [5, 5.41) is 10.6. The highest BCUT2D eigenvalue weighted by molar-refractivity contribution is 6.13. The Balaban J connectivity index is 2.63. The number of nitrogens with zero attached hydrogens (tertiary/aromatic N) is 2. The van der Waals surface area contributed by atoms with Crippen molar-refractivity contribution in [2.75, 3.05) is 0 Å². The van der Waals surface area contributed by atoms with Crippen LogP contribution in [-0.4, -0.2) is 20.6 Å². The van der Waals surface area contributed by atoms with Crippen molar-refractivity contribution in [3.8, 4) is 0 Å². The van der Waals surface area contributed by atoms with E-state index in [9.17, 15) is 14.3 Å². The first-order valence-corrected chi connectivity index (χ1v) is 5.77. The van der Waals surface area contributed by atoms with Gasteiger partial charge in [0.2, 0.25) is 0 Å². The summed E-state index contributed by atoms with van der Waals surface area (Å²) in [4.78, 5) is 15.4. The molecular formula is C14H11FN2O2. The summed E-state index contributed by atoms with van der Waals surface area (Å²) in [5.74, 6) is -1.54. The average Bonchev–Trinajstić information content (AvgIpc) is 2.64. The number of halogens is 1. The van der Waals surface area contributed by atoms with Gasteiger partial charge in [0, 0.05) is 30.1 Å². The molecule has 0 spiro atoms. The number of hydrogen-bond donors (Lipinski definition) is 1. The van der Waals surface area contributed by atoms with E-state index in [2.05, 4.69) is 4.98 Å². The molecule has 4 nitrogen and oxygen atoms in total. The number of benzene rings is 1. The van der Waals surface area contributed by atoms with Gasteiger partial charge in [-0.15, -0.1) is 0 Å². The first-order chi connectivity index (χ1) is 8.99. The van der Waals surface area contributed by atoms with E-state index >= 15 is 0 Å². The number of carboxylic acid groups (broad SMARTS) is 1. The van der Waals surface area contributed by atoms with Gasteiger partial charge in [0.25, 0.3) is 0 Å². The van der Waals surface area contributed by atoms with Gasteiger partial charge >= 0.3 is 5.97 Å². The second-order valence-electron chi connectivity index (χ2n) is 4.57. The van der Waals surface area contributed by atoms with Gasteiger partial charge in [0.1, 0.15) is 5.82 Å². The number of pyridine rings is 1. The molecule has 3 rings (SSSR count). The minimum absolute atomic E-state index is 0.0359. The SMILES string of the molecule is Cc1cn(C)c2c1c(C(=O)O)nc1cc(F)ccc12. The lowest BCUT2D eigenvalue weighted by Crippen LogP contribution is -2.03. The van der Waals surface area contributed by atoms with E-state index in [-0.39, 0.29) is 5.69 Å². The van der Waals surface area contributed by atoms with E-state index in [1.165, 1.54) is 12.1 Å². The topological polar surface area (TPSA) is 55.1 Å². The predicted octanol–water partition coefficient (Wildman–Crippen LogP) is 2.87. The maximum atomic E-state index is 13.3. The van der Waals surface area contributed by atoms with Crippen molar-refractivity contribution in [2.45, 2.75) is 6.92 Å². The third kappa shape index (κ3) is 1.58. The van der Waals surface area contributed by atoms with Crippen molar-refractivity contribution in [2.24, 2.45) is 7.05 Å². The molecule has 96 valence electrons. The van der Waals surface area contributed by atoms with Crippen LogP contribution in [-0.2, 0) is 7.05 Å². The summed E-state index contributed by atoms with van der Waals surface area (Å²) < 4.78 is 15.1. The fourth-order valence-electron chi connectivity index (χ4n) is 2.53. The number of hydrogen-bond acceptors (Lipinski definition) is 2. The van der Waals surface area contributed by atoms with Crippen LogP contribution in [0.3, 0.4) is 0 Å². The molecule has 0 aliphatic heterocycles. The van der Waals surface area contributed by atoms with E-state index in [1.54, 1.807) is 6.07 Å². The number of carboxylic acids is 1. The van der Waals surface area contributed by atoms with Crippen LogP contribution < -0.4 is 0 Å². The van der Waals surface area contributed by atoms with Gasteiger partial charge in [0.15, 0.2) is 5.69 Å². The van der Waals surface area contributed by atoms with Gasteiger partial charge in [-0.3, -0.25) is 0 Å². The highest BCUT2D eigenvalue weighted by Gasteiger charge is 2.18. The zero-order valence-electron chi connectivity index (χ0n) is 10.4. The molecular weight excluding hydrogens is 247 g/mol. The quantitative estimate of drug-likeness (QED) is 0.730. The van der Waals surface area contributed by atoms with Crippen molar-refractivity contribution in [3.63, 3.8) is 0 Å². The van der Waals surface area contributed by atoms with E-state index in [0.717, 1.165) is 16.5 Å². The molecule has 2 aromatic heterocycles. The lowest BCUT2D eigenvalue weighted by atomic mass is 10.1. The Hall–Kier alpha value is -2.43. The van der Waals surface area contributed by atoms with Crippen molar-refractivity contribution in [1.29, 1.82) is 0 Å². The van der Waals surface area contributed by atoms with E-state index in [1.807, 2.05) is 24.7 Å². The number of aromatic nitrogens is 2. The zero-order valence-corrected chi connectivity index (χ0v) is 10.4. The van der Waals surface area contributed by atoms with E-state index < -0.39 is 11.8 Å². The third-order valence-electron chi connectivity index (χ3n) is 3.26. The summed E-state index contributed by atoms with van der Waals surface area (Å²) in [6.07, 6.45) is 1.85. The maximum Gasteiger partial charge on any atom is 0.355 e. The number of aromatic carboxylic acids is 1. The maximum absolute atomic E-state index is 13.3. The molecule has 2 heterocycles. The molecule has 0 fully saturated rings. The molecule has 0 amide bonds. The number of carbonyl (C=O) groups is 1. The van der Waals surface area contributed by atoms with Crippen LogP contribution >= 0.6 is 0 Å². The van der Waals surface area contributed by atoms with Crippen molar-refractivity contribution >= 4 is 27.8 Å². The average molecular weight is 258 g/mol. The van der Waals surface area contributed by atoms with Crippen LogP contribution in [0.5, 0.6) is 0 Å². The van der Waals surface area contributed by atoms with Gasteiger partial charge < -0.3 is 9.67 Å². The van der Waals surface area contributed by atoms with Gasteiger partial charge in [-0.2, -0.15) is 0 Å². The molecule has 0 saturated carbocycles. The van der Waals surface area contributed by atoms with Crippen LogP contribution in [0.1, 0.15) is 16.1 Å². The van der Waals surface area contributed by atoms with Crippen LogP contribution in [0.15, 0.2) is 24.4 Å². The summed E-state index contributed by atoms with van der Waals surface area (Å²) >= 11 is 0. The lowest BCUT2D eigenvalue weighted by Gasteiger charge is -2.06. The summed E-state index contributed by atoms with van der Waals surface area (Å²) in [7, 11) is 1.84. The number of rotatable bonds is 1. The smallest absolute Gasteiger partial charge is 0.355 e. The highest BCUT2D eigenvalue weighted by atomic mass is 19.1. The predicted molar refractivity (Wildman–Crippen MR) is 69.9 cm³/mol. The van der Waals surface area contributed by atoms with E-state index in [0.29, 0.717) is 10.9 Å². The molecule has 0 aliphatic carbocycles. The molecule has 0 radical (unpaired) electrons. The van der Waals surface area contributed by atoms with Gasteiger partial charge in [-0.1, -0.05) is 0 Å². The Kier molecular flexibility index (Phi) is 2.32. The molecule has 1 N–H and O–H groups in total. The number of fused-ring (bicyclic) bond motifs is 3. The highest BCUT2D eigenvalue weighted by Crippen LogP contribution is 2.30. The van der Waals surface area contributed by atoms with Crippen LogP contribution in [0.25, 0.3) is 21.8 Å². The van der Waals surface area contributed by atoms with Gasteiger partial charge in [-0.05, 0) is 24.6 Å². The van der Waals surface area contributed by atoms with Crippen molar-refractivity contribution < 1.29 is 14.3 Å². The molecule has 19 heavy (non-hydrogen) atoms. The first-order valence-electron chi connectivity index (χ1n) is 5.77. The van der Waals surface area contributed by atoms with E-state index in [4.69, 9.17) is 0 Å². The third-order valence-corrected chi connectivity index (χ3v) is 3.26. The fourth-order valence-corrected chi connectivity index (χ4v) is 2.53. The van der Waals surface area contributed by atoms with Gasteiger partial charge in [-0.25, -0.2) is 14.2 Å². The molecule has 0 saturated heterocycles. The van der Waals surface area contributed by atoms with Crippen LogP contribution in [0.4, 0.5) is 4.39 Å². The lowest BCUT2D eigenvalue weighted by molar-refractivity contribution is 0.0693. The monoisotopic (exact) mass is 258 g/mol. The molecule has 0 atom stereocenters. The van der Waals surface area contributed by atoms with Gasteiger partial charge in [0.05, 0.1) is 11.0 Å². The largest absolute Gasteiger partial charge is 0.476 e. The minimum atomic E-state index is -1.11.